The number of fused-ring (bicyclic) bond motifs is 1. The summed E-state index contributed by atoms with van der Waals surface area (Å²) in [5.74, 6) is -0.647. The van der Waals surface area contributed by atoms with E-state index >= 15 is 0 Å². The summed E-state index contributed by atoms with van der Waals surface area (Å²) in [6, 6.07) is 22.1. The molecule has 0 spiro atoms. The maximum atomic E-state index is 12.4. The number of carbonyl (C=O) groups excluding carboxylic acids is 2. The first-order chi connectivity index (χ1) is 13.1. The van der Waals surface area contributed by atoms with Crippen LogP contribution in [0.2, 0.25) is 0 Å². The van der Waals surface area contributed by atoms with E-state index in [0.29, 0.717) is 11.3 Å². The first-order valence-electron chi connectivity index (χ1n) is 8.35. The number of Topliss-reactive ketones (excluding diaryl/α,β-unsaturated/α-hetero) is 1. The summed E-state index contributed by atoms with van der Waals surface area (Å²) in [5, 5.41) is 17.1. The number of anilines is 2. The Kier molecular flexibility index (Phi) is 5.29. The third kappa shape index (κ3) is 4.20. The van der Waals surface area contributed by atoms with Crippen molar-refractivity contribution < 1.29 is 9.59 Å². The van der Waals surface area contributed by atoms with Crippen molar-refractivity contribution in [1.29, 1.82) is 5.26 Å². The molecular weight excluding hydrogens is 338 g/mol. The summed E-state index contributed by atoms with van der Waals surface area (Å²) in [7, 11) is 0. The molecule has 0 aliphatic heterocycles. The van der Waals surface area contributed by atoms with Gasteiger partial charge in [0.15, 0.2) is 5.78 Å². The second-order valence-electron chi connectivity index (χ2n) is 5.93. The number of amides is 1. The van der Waals surface area contributed by atoms with Gasteiger partial charge in [0.25, 0.3) is 5.91 Å². The number of carbonyl (C=O) groups is 2. The summed E-state index contributed by atoms with van der Waals surface area (Å²) in [6.07, 6.45) is 1.38. The summed E-state index contributed by atoms with van der Waals surface area (Å²) < 4.78 is 0. The topological polar surface area (TPSA) is 82.0 Å². The molecule has 27 heavy (non-hydrogen) atoms. The Labute approximate surface area is 156 Å². The highest BCUT2D eigenvalue weighted by Gasteiger charge is 2.10. The number of hydrogen-bond acceptors (Lipinski definition) is 4. The van der Waals surface area contributed by atoms with Crippen molar-refractivity contribution in [3.63, 3.8) is 0 Å². The minimum absolute atomic E-state index is 0.0730. The molecule has 0 aliphatic rings. The molecule has 0 unspecified atom stereocenters. The van der Waals surface area contributed by atoms with Crippen LogP contribution in [-0.2, 0) is 4.79 Å². The van der Waals surface area contributed by atoms with Crippen LogP contribution in [0.3, 0.4) is 0 Å². The van der Waals surface area contributed by atoms with Gasteiger partial charge in [-0.1, -0.05) is 48.5 Å². The van der Waals surface area contributed by atoms with Gasteiger partial charge < -0.3 is 10.6 Å². The average molecular weight is 355 g/mol. The van der Waals surface area contributed by atoms with Crippen LogP contribution in [0.25, 0.3) is 10.8 Å². The highest BCUT2D eigenvalue weighted by Crippen LogP contribution is 2.23. The molecule has 3 aromatic rings. The van der Waals surface area contributed by atoms with E-state index in [-0.39, 0.29) is 11.4 Å². The van der Waals surface area contributed by atoms with Crippen molar-refractivity contribution in [3.8, 4) is 6.07 Å². The molecule has 0 atom stereocenters. The van der Waals surface area contributed by atoms with Crippen molar-refractivity contribution in [3.05, 3.63) is 84.1 Å². The van der Waals surface area contributed by atoms with Crippen LogP contribution in [0, 0.1) is 11.3 Å². The molecule has 1 amide bonds. The van der Waals surface area contributed by atoms with Crippen molar-refractivity contribution >= 4 is 33.8 Å². The Hall–Kier alpha value is -3.91. The Bertz CT molecular complexity index is 1090. The van der Waals surface area contributed by atoms with Gasteiger partial charge in [-0.2, -0.15) is 5.26 Å². The van der Waals surface area contributed by atoms with Crippen molar-refractivity contribution in [2.45, 2.75) is 6.92 Å². The average Bonchev–Trinajstić information content (AvgIpc) is 2.68. The Morgan fingerprint density at radius 2 is 1.74 bits per heavy atom. The van der Waals surface area contributed by atoms with E-state index in [9.17, 15) is 14.9 Å². The largest absolute Gasteiger partial charge is 0.360 e. The molecule has 0 aromatic heterocycles. The van der Waals surface area contributed by atoms with E-state index in [4.69, 9.17) is 0 Å². The molecule has 132 valence electrons. The number of nitriles is 1. The molecule has 3 rings (SSSR count). The lowest BCUT2D eigenvalue weighted by Gasteiger charge is -2.08. The standard InChI is InChI=1S/C22H17N3O2/c1-15(26)17-8-4-9-19(12-17)25-22(27)18(13-23)14-24-21-11-5-7-16-6-2-3-10-20(16)21/h2-12,14,24H,1H3,(H,25,27)/b18-14-. The Balaban J connectivity index is 1.80. The first kappa shape index (κ1) is 17.9. The van der Waals surface area contributed by atoms with Gasteiger partial charge in [0.2, 0.25) is 0 Å². The zero-order chi connectivity index (χ0) is 19.2. The first-order valence-corrected chi connectivity index (χ1v) is 8.35. The minimum Gasteiger partial charge on any atom is -0.360 e. The minimum atomic E-state index is -0.550. The predicted octanol–water partition coefficient (Wildman–Crippen LogP) is 4.50. The SMILES string of the molecule is CC(=O)c1cccc(NC(=O)/C(C#N)=C\Nc2cccc3ccccc23)c1. The lowest BCUT2D eigenvalue weighted by atomic mass is 10.1. The molecule has 0 saturated heterocycles. The molecule has 0 radical (unpaired) electrons. The molecule has 0 bridgehead atoms. The lowest BCUT2D eigenvalue weighted by molar-refractivity contribution is -0.112. The van der Waals surface area contributed by atoms with Crippen LogP contribution in [0.5, 0.6) is 0 Å². The fourth-order valence-electron chi connectivity index (χ4n) is 2.66. The van der Waals surface area contributed by atoms with Gasteiger partial charge in [-0.25, -0.2) is 0 Å². The maximum Gasteiger partial charge on any atom is 0.267 e. The number of nitrogens with one attached hydrogen (secondary N) is 2. The van der Waals surface area contributed by atoms with E-state index in [2.05, 4.69) is 10.6 Å². The Morgan fingerprint density at radius 3 is 2.52 bits per heavy atom. The molecule has 0 fully saturated rings. The van der Waals surface area contributed by atoms with Crippen LogP contribution in [0.15, 0.2) is 78.5 Å². The summed E-state index contributed by atoms with van der Waals surface area (Å²) in [5.41, 5.74) is 1.67. The van der Waals surface area contributed by atoms with Gasteiger partial charge in [0.1, 0.15) is 11.6 Å². The highest BCUT2D eigenvalue weighted by molar-refractivity contribution is 6.07. The molecule has 3 aromatic carbocycles. The summed E-state index contributed by atoms with van der Waals surface area (Å²) in [6.45, 7) is 1.45. The zero-order valence-electron chi connectivity index (χ0n) is 14.7. The molecule has 2 N–H and O–H groups in total. The number of nitrogens with zero attached hydrogens (tertiary/aromatic N) is 1. The van der Waals surface area contributed by atoms with Crippen molar-refractivity contribution in [2.75, 3.05) is 10.6 Å². The van der Waals surface area contributed by atoms with Crippen LogP contribution in [0.1, 0.15) is 17.3 Å². The molecule has 0 heterocycles. The number of benzene rings is 3. The van der Waals surface area contributed by atoms with Crippen molar-refractivity contribution in [1.82, 2.24) is 0 Å². The molecular formula is C22H17N3O2. The lowest BCUT2D eigenvalue weighted by Crippen LogP contribution is -2.15. The maximum absolute atomic E-state index is 12.4. The van der Waals surface area contributed by atoms with Gasteiger partial charge in [0.05, 0.1) is 0 Å². The number of hydrogen-bond donors (Lipinski definition) is 2. The third-order valence-electron chi connectivity index (χ3n) is 4.05. The van der Waals surface area contributed by atoms with Crippen molar-refractivity contribution in [2.24, 2.45) is 0 Å². The van der Waals surface area contributed by atoms with Crippen LogP contribution < -0.4 is 10.6 Å². The Morgan fingerprint density at radius 1 is 1.00 bits per heavy atom. The predicted molar refractivity (Wildman–Crippen MR) is 106 cm³/mol. The molecule has 0 saturated carbocycles. The van der Waals surface area contributed by atoms with Gasteiger partial charge in [-0.3, -0.25) is 9.59 Å². The smallest absolute Gasteiger partial charge is 0.267 e. The van der Waals surface area contributed by atoms with Gasteiger partial charge >= 0.3 is 0 Å². The van der Waals surface area contributed by atoms with E-state index in [1.54, 1.807) is 24.3 Å². The summed E-state index contributed by atoms with van der Waals surface area (Å²) in [4.78, 5) is 23.8. The monoisotopic (exact) mass is 355 g/mol. The molecule has 5 nitrogen and oxygen atoms in total. The van der Waals surface area contributed by atoms with Crippen LogP contribution in [-0.4, -0.2) is 11.7 Å². The van der Waals surface area contributed by atoms with E-state index in [0.717, 1.165) is 16.5 Å². The fourth-order valence-corrected chi connectivity index (χ4v) is 2.66. The van der Waals surface area contributed by atoms with E-state index in [1.807, 2.05) is 48.5 Å². The quantitative estimate of drug-likeness (QED) is 0.401. The zero-order valence-corrected chi connectivity index (χ0v) is 14.7. The third-order valence-corrected chi connectivity index (χ3v) is 4.05. The van der Waals surface area contributed by atoms with Gasteiger partial charge in [0, 0.05) is 28.5 Å². The molecule has 0 aliphatic carbocycles. The number of rotatable bonds is 5. The van der Waals surface area contributed by atoms with E-state index in [1.165, 1.54) is 13.1 Å². The van der Waals surface area contributed by atoms with E-state index < -0.39 is 5.91 Å². The number of ketones is 1. The normalized spacial score (nSPS) is 10.9. The molecule has 5 heteroatoms. The van der Waals surface area contributed by atoms with Gasteiger partial charge in [-0.15, -0.1) is 0 Å². The van der Waals surface area contributed by atoms with Crippen LogP contribution >= 0.6 is 0 Å². The van der Waals surface area contributed by atoms with Crippen LogP contribution in [0.4, 0.5) is 11.4 Å². The second kappa shape index (κ2) is 7.98. The van der Waals surface area contributed by atoms with Gasteiger partial charge in [-0.05, 0) is 30.5 Å². The summed E-state index contributed by atoms with van der Waals surface area (Å²) >= 11 is 0. The highest BCUT2D eigenvalue weighted by atomic mass is 16.1. The fraction of sp³-hybridized carbons (Fsp3) is 0.0455. The second-order valence-corrected chi connectivity index (χ2v) is 5.93.